The molecule has 0 aromatic heterocycles. The summed E-state index contributed by atoms with van der Waals surface area (Å²) in [4.78, 5) is 4.81. The first-order valence-corrected chi connectivity index (χ1v) is 5.73. The van der Waals surface area contributed by atoms with Gasteiger partial charge in [-0.2, -0.15) is 0 Å². The van der Waals surface area contributed by atoms with Crippen molar-refractivity contribution >= 4 is 22.4 Å². The summed E-state index contributed by atoms with van der Waals surface area (Å²) in [5, 5.41) is 0. The quantitative estimate of drug-likeness (QED) is 0.624. The van der Waals surface area contributed by atoms with Gasteiger partial charge in [0.2, 0.25) is 0 Å². The van der Waals surface area contributed by atoms with Crippen LogP contribution < -0.4 is 0 Å². The molecule has 0 saturated carbocycles. The van der Waals surface area contributed by atoms with E-state index in [0.29, 0.717) is 0 Å². The van der Waals surface area contributed by atoms with Gasteiger partial charge in [-0.3, -0.25) is 0 Å². The molecule has 0 amide bonds. The van der Waals surface area contributed by atoms with Gasteiger partial charge in [-0.05, 0) is 36.8 Å². The number of thioether (sulfide) groups is 1. The van der Waals surface area contributed by atoms with Gasteiger partial charge in [-0.1, -0.05) is 17.7 Å². The molecular weight excluding hydrogens is 190 g/mol. The Morgan fingerprint density at radius 2 is 2.21 bits per heavy atom. The van der Waals surface area contributed by atoms with E-state index < -0.39 is 0 Å². The molecule has 14 heavy (non-hydrogen) atoms. The molecule has 1 nitrogen and oxygen atoms in total. The molecule has 2 heteroatoms. The Hall–Kier alpha value is -1.20. The third-order valence-electron chi connectivity index (χ3n) is 2.51. The molecule has 1 aliphatic rings. The van der Waals surface area contributed by atoms with Gasteiger partial charge in [0.1, 0.15) is 0 Å². The lowest BCUT2D eigenvalue weighted by atomic mass is 10.1. The molecule has 0 spiro atoms. The SMILES string of the molecule is [C-]#[N+]c1ccc2c(c1)C(SC)=C(C)C2. The van der Waals surface area contributed by atoms with E-state index in [9.17, 15) is 0 Å². The van der Waals surface area contributed by atoms with Gasteiger partial charge >= 0.3 is 0 Å². The number of hydrogen-bond donors (Lipinski definition) is 0. The van der Waals surface area contributed by atoms with Gasteiger partial charge in [0, 0.05) is 4.91 Å². The molecule has 0 atom stereocenters. The average Bonchev–Trinajstić information content (AvgIpc) is 2.52. The van der Waals surface area contributed by atoms with Crippen LogP contribution in [0.2, 0.25) is 0 Å². The first-order chi connectivity index (χ1) is 6.76. The number of fused-ring (bicyclic) bond motifs is 1. The lowest BCUT2D eigenvalue weighted by molar-refractivity contribution is 1.20. The van der Waals surface area contributed by atoms with Crippen molar-refractivity contribution in [3.63, 3.8) is 0 Å². The standard InChI is InChI=1S/C12H11NS/c1-8-6-9-4-5-10(13-2)7-11(9)12(8)14-3/h4-5,7H,6H2,1,3H3. The van der Waals surface area contributed by atoms with Gasteiger partial charge < -0.3 is 0 Å². The maximum absolute atomic E-state index is 6.98. The summed E-state index contributed by atoms with van der Waals surface area (Å²) in [5.41, 5.74) is 4.79. The van der Waals surface area contributed by atoms with E-state index in [1.54, 1.807) is 11.8 Å². The molecule has 1 aliphatic carbocycles. The smallest absolute Gasteiger partial charge is 0.187 e. The summed E-state index contributed by atoms with van der Waals surface area (Å²) in [6.45, 7) is 9.15. The first-order valence-electron chi connectivity index (χ1n) is 4.50. The minimum Gasteiger partial charge on any atom is -0.238 e. The summed E-state index contributed by atoms with van der Waals surface area (Å²) < 4.78 is 0. The maximum Gasteiger partial charge on any atom is 0.187 e. The number of rotatable bonds is 1. The highest BCUT2D eigenvalue weighted by Crippen LogP contribution is 2.40. The largest absolute Gasteiger partial charge is 0.238 e. The Bertz CT molecular complexity index is 452. The molecule has 0 heterocycles. The van der Waals surface area contributed by atoms with Crippen molar-refractivity contribution in [2.75, 3.05) is 6.26 Å². The van der Waals surface area contributed by atoms with Crippen LogP contribution in [0.5, 0.6) is 0 Å². The molecule has 0 aliphatic heterocycles. The Kier molecular flexibility index (Phi) is 2.35. The Morgan fingerprint density at radius 3 is 2.86 bits per heavy atom. The fourth-order valence-electron chi connectivity index (χ4n) is 1.88. The molecular formula is C12H11NS. The van der Waals surface area contributed by atoms with E-state index in [1.165, 1.54) is 21.6 Å². The van der Waals surface area contributed by atoms with Crippen LogP contribution in [0.15, 0.2) is 23.8 Å². The van der Waals surface area contributed by atoms with E-state index in [0.717, 1.165) is 12.1 Å². The van der Waals surface area contributed by atoms with Crippen molar-refractivity contribution < 1.29 is 0 Å². The van der Waals surface area contributed by atoms with Gasteiger partial charge in [-0.25, -0.2) is 4.85 Å². The summed E-state index contributed by atoms with van der Waals surface area (Å²) in [7, 11) is 0. The second-order valence-corrected chi connectivity index (χ2v) is 4.26. The Labute approximate surface area is 88.7 Å². The van der Waals surface area contributed by atoms with Gasteiger partial charge in [-0.15, -0.1) is 11.8 Å². The highest BCUT2D eigenvalue weighted by Gasteiger charge is 2.17. The van der Waals surface area contributed by atoms with Crippen LogP contribution in [0.3, 0.4) is 0 Å². The fraction of sp³-hybridized carbons (Fsp3) is 0.250. The van der Waals surface area contributed by atoms with Gasteiger partial charge in [0.15, 0.2) is 5.69 Å². The molecule has 0 radical (unpaired) electrons. The van der Waals surface area contributed by atoms with Crippen LogP contribution >= 0.6 is 11.8 Å². The fourth-order valence-corrected chi connectivity index (χ4v) is 2.71. The van der Waals surface area contributed by atoms with Crippen LogP contribution in [0, 0.1) is 6.57 Å². The molecule has 0 saturated heterocycles. The summed E-state index contributed by atoms with van der Waals surface area (Å²) >= 11 is 1.78. The molecule has 1 aromatic carbocycles. The van der Waals surface area contributed by atoms with Crippen LogP contribution in [-0.4, -0.2) is 6.26 Å². The second kappa shape index (κ2) is 3.51. The summed E-state index contributed by atoms with van der Waals surface area (Å²) in [6.07, 6.45) is 3.14. The van der Waals surface area contributed by atoms with Crippen LogP contribution in [-0.2, 0) is 6.42 Å². The third kappa shape index (κ3) is 1.34. The molecule has 0 bridgehead atoms. The summed E-state index contributed by atoms with van der Waals surface area (Å²) in [5.74, 6) is 0. The normalized spacial score (nSPS) is 14.1. The Morgan fingerprint density at radius 1 is 1.43 bits per heavy atom. The highest BCUT2D eigenvalue weighted by atomic mass is 32.2. The van der Waals surface area contributed by atoms with Crippen molar-refractivity contribution in [3.05, 3.63) is 46.3 Å². The van der Waals surface area contributed by atoms with E-state index >= 15 is 0 Å². The minimum atomic E-state index is 0.741. The predicted molar refractivity (Wildman–Crippen MR) is 62.5 cm³/mol. The van der Waals surface area contributed by atoms with Gasteiger partial charge in [0.25, 0.3) is 0 Å². The number of benzene rings is 1. The zero-order chi connectivity index (χ0) is 10.1. The molecule has 70 valence electrons. The molecule has 0 fully saturated rings. The van der Waals surface area contributed by atoms with Crippen molar-refractivity contribution in [3.8, 4) is 0 Å². The van der Waals surface area contributed by atoms with E-state index in [4.69, 9.17) is 6.57 Å². The summed E-state index contributed by atoms with van der Waals surface area (Å²) in [6, 6.07) is 5.99. The average molecular weight is 201 g/mol. The Balaban J connectivity index is 2.56. The highest BCUT2D eigenvalue weighted by molar-refractivity contribution is 8.07. The zero-order valence-corrected chi connectivity index (χ0v) is 9.11. The number of allylic oxidation sites excluding steroid dienone is 1. The second-order valence-electron chi connectivity index (χ2n) is 3.44. The minimum absolute atomic E-state index is 0.741. The monoisotopic (exact) mass is 201 g/mol. The van der Waals surface area contributed by atoms with E-state index in [-0.39, 0.29) is 0 Å². The van der Waals surface area contributed by atoms with Crippen molar-refractivity contribution in [1.29, 1.82) is 0 Å². The van der Waals surface area contributed by atoms with Crippen LogP contribution in [0.1, 0.15) is 18.1 Å². The number of hydrogen-bond acceptors (Lipinski definition) is 1. The lowest BCUT2D eigenvalue weighted by Gasteiger charge is -2.03. The first kappa shape index (κ1) is 9.36. The zero-order valence-electron chi connectivity index (χ0n) is 8.29. The maximum atomic E-state index is 6.98. The number of nitrogens with zero attached hydrogens (tertiary/aromatic N) is 1. The predicted octanol–water partition coefficient (Wildman–Crippen LogP) is 3.89. The molecule has 1 aromatic rings. The molecule has 0 unspecified atom stereocenters. The molecule has 0 N–H and O–H groups in total. The lowest BCUT2D eigenvalue weighted by Crippen LogP contribution is -1.81. The van der Waals surface area contributed by atoms with Crippen molar-refractivity contribution in [1.82, 2.24) is 0 Å². The van der Waals surface area contributed by atoms with E-state index in [1.807, 2.05) is 12.1 Å². The topological polar surface area (TPSA) is 4.36 Å². The van der Waals surface area contributed by atoms with Crippen molar-refractivity contribution in [2.24, 2.45) is 0 Å². The van der Waals surface area contributed by atoms with Crippen LogP contribution in [0.25, 0.3) is 9.75 Å². The molecule has 2 rings (SSSR count). The van der Waals surface area contributed by atoms with Crippen molar-refractivity contribution in [2.45, 2.75) is 13.3 Å². The van der Waals surface area contributed by atoms with Crippen LogP contribution in [0.4, 0.5) is 5.69 Å². The van der Waals surface area contributed by atoms with E-state index in [2.05, 4.69) is 24.1 Å². The third-order valence-corrected chi connectivity index (χ3v) is 3.49. The van der Waals surface area contributed by atoms with Gasteiger partial charge in [0.05, 0.1) is 6.57 Å².